The van der Waals surface area contributed by atoms with E-state index >= 15 is 0 Å². The molecule has 0 radical (unpaired) electrons. The summed E-state index contributed by atoms with van der Waals surface area (Å²) < 4.78 is 49.3. The van der Waals surface area contributed by atoms with Crippen molar-refractivity contribution in [3.05, 3.63) is 11.4 Å². The molecular formula is C11H14F3N3O3. The molecule has 1 aliphatic rings. The number of hydrogen-bond acceptors (Lipinski definition) is 5. The molecule has 0 amide bonds. The highest BCUT2D eigenvalue weighted by Crippen LogP contribution is 2.40. The Hall–Kier alpha value is -1.64. The van der Waals surface area contributed by atoms with Crippen LogP contribution < -0.4 is 0 Å². The summed E-state index contributed by atoms with van der Waals surface area (Å²) in [7, 11) is 1.48. The quantitative estimate of drug-likeness (QED) is 0.591. The molecule has 1 aromatic heterocycles. The molecular weight excluding hydrogens is 279 g/mol. The van der Waals surface area contributed by atoms with Crippen LogP contribution in [0, 0.1) is 0 Å². The molecule has 0 bridgehead atoms. The maximum absolute atomic E-state index is 13.0. The lowest BCUT2D eigenvalue weighted by atomic mass is 10.3. The van der Waals surface area contributed by atoms with E-state index in [9.17, 15) is 18.0 Å². The average molecular weight is 293 g/mol. The van der Waals surface area contributed by atoms with E-state index in [1.807, 2.05) is 0 Å². The van der Waals surface area contributed by atoms with Gasteiger partial charge < -0.3 is 9.47 Å². The van der Waals surface area contributed by atoms with Gasteiger partial charge in [-0.15, -0.1) is 5.10 Å². The molecule has 1 aromatic rings. The third-order valence-corrected chi connectivity index (χ3v) is 2.78. The Morgan fingerprint density at radius 2 is 2.10 bits per heavy atom. The van der Waals surface area contributed by atoms with Gasteiger partial charge in [0.1, 0.15) is 0 Å². The smallest absolute Gasteiger partial charge is 0.435 e. The molecule has 1 aliphatic carbocycles. The lowest BCUT2D eigenvalue weighted by molar-refractivity contribution is -0.144. The van der Waals surface area contributed by atoms with Gasteiger partial charge in [-0.25, -0.2) is 9.48 Å². The topological polar surface area (TPSA) is 66.2 Å². The van der Waals surface area contributed by atoms with Crippen molar-refractivity contribution in [1.29, 1.82) is 0 Å². The highest BCUT2D eigenvalue weighted by molar-refractivity contribution is 5.88. The second-order valence-corrected chi connectivity index (χ2v) is 4.44. The Kier molecular flexibility index (Phi) is 4.26. The van der Waals surface area contributed by atoms with Crippen molar-refractivity contribution in [2.24, 2.45) is 0 Å². The standard InChI is InChI=1S/C11H14F3N3O3/c1-19-5-2-6-20-10(18)8-9(11(12,13)14)17(16-15-8)7-3-4-7/h7H,2-6H2,1H3. The van der Waals surface area contributed by atoms with Crippen LogP contribution in [0.4, 0.5) is 13.2 Å². The Bertz CT molecular complexity index is 483. The summed E-state index contributed by atoms with van der Waals surface area (Å²) >= 11 is 0. The molecule has 0 aliphatic heterocycles. The van der Waals surface area contributed by atoms with Crippen LogP contribution >= 0.6 is 0 Å². The summed E-state index contributed by atoms with van der Waals surface area (Å²) in [5, 5.41) is 6.76. The molecule has 2 rings (SSSR count). The molecule has 0 atom stereocenters. The van der Waals surface area contributed by atoms with Crippen LogP contribution in [0.2, 0.25) is 0 Å². The first-order valence-electron chi connectivity index (χ1n) is 6.13. The number of esters is 1. The van der Waals surface area contributed by atoms with E-state index in [-0.39, 0.29) is 12.6 Å². The molecule has 0 N–H and O–H groups in total. The van der Waals surface area contributed by atoms with Crippen molar-refractivity contribution in [2.45, 2.75) is 31.5 Å². The van der Waals surface area contributed by atoms with Gasteiger partial charge in [0, 0.05) is 20.1 Å². The van der Waals surface area contributed by atoms with E-state index in [0.29, 0.717) is 25.9 Å². The molecule has 0 spiro atoms. The normalized spacial score (nSPS) is 15.4. The molecule has 20 heavy (non-hydrogen) atoms. The minimum atomic E-state index is -4.69. The van der Waals surface area contributed by atoms with Crippen LogP contribution in [0.25, 0.3) is 0 Å². The maximum Gasteiger partial charge on any atom is 0.435 e. The highest BCUT2D eigenvalue weighted by Gasteiger charge is 2.45. The highest BCUT2D eigenvalue weighted by atomic mass is 19.4. The Balaban J connectivity index is 2.12. The molecule has 1 heterocycles. The second-order valence-electron chi connectivity index (χ2n) is 4.44. The number of rotatable bonds is 6. The van der Waals surface area contributed by atoms with Gasteiger partial charge in [-0.3, -0.25) is 0 Å². The molecule has 0 unspecified atom stereocenters. The lowest BCUT2D eigenvalue weighted by Gasteiger charge is -2.10. The summed E-state index contributed by atoms with van der Waals surface area (Å²) in [6.45, 7) is 0.328. The number of ether oxygens (including phenoxy) is 2. The van der Waals surface area contributed by atoms with E-state index in [0.717, 1.165) is 4.68 Å². The molecule has 6 nitrogen and oxygen atoms in total. The monoisotopic (exact) mass is 293 g/mol. The fourth-order valence-electron chi connectivity index (χ4n) is 1.71. The van der Waals surface area contributed by atoms with Crippen molar-refractivity contribution in [2.75, 3.05) is 20.3 Å². The van der Waals surface area contributed by atoms with Gasteiger partial charge in [-0.1, -0.05) is 5.21 Å². The second kappa shape index (κ2) is 5.78. The summed E-state index contributed by atoms with van der Waals surface area (Å²) in [5.41, 5.74) is -1.90. The number of alkyl halides is 3. The average Bonchev–Trinajstić information content (AvgIpc) is 3.11. The molecule has 112 valence electrons. The van der Waals surface area contributed by atoms with Crippen molar-refractivity contribution >= 4 is 5.97 Å². The van der Waals surface area contributed by atoms with Crippen LogP contribution in [-0.2, 0) is 15.7 Å². The zero-order valence-electron chi connectivity index (χ0n) is 10.8. The van der Waals surface area contributed by atoms with E-state index in [1.165, 1.54) is 7.11 Å². The molecule has 0 aromatic carbocycles. The first kappa shape index (κ1) is 14.8. The first-order valence-corrected chi connectivity index (χ1v) is 6.13. The lowest BCUT2D eigenvalue weighted by Crippen LogP contribution is -2.19. The molecule has 0 saturated heterocycles. The first-order chi connectivity index (χ1) is 9.45. The van der Waals surface area contributed by atoms with Crippen LogP contribution in [0.5, 0.6) is 0 Å². The molecule has 1 saturated carbocycles. The summed E-state index contributed by atoms with van der Waals surface area (Å²) in [5.74, 6) is -1.11. The minimum Gasteiger partial charge on any atom is -0.461 e. The minimum absolute atomic E-state index is 0.0275. The van der Waals surface area contributed by atoms with Gasteiger partial charge in [0.2, 0.25) is 5.69 Å². The number of hydrogen-bond donors (Lipinski definition) is 0. The zero-order chi connectivity index (χ0) is 14.8. The van der Waals surface area contributed by atoms with Crippen LogP contribution in [-0.4, -0.2) is 41.3 Å². The van der Waals surface area contributed by atoms with Crippen molar-refractivity contribution < 1.29 is 27.4 Å². The van der Waals surface area contributed by atoms with Gasteiger partial charge >= 0.3 is 12.1 Å². The summed E-state index contributed by atoms with van der Waals surface area (Å²) in [6, 6.07) is -0.325. The predicted octanol–water partition coefficient (Wildman–Crippen LogP) is 1.83. The maximum atomic E-state index is 13.0. The Morgan fingerprint density at radius 3 is 2.65 bits per heavy atom. The Labute approximate surface area is 112 Å². The van der Waals surface area contributed by atoms with Gasteiger partial charge in [0.05, 0.1) is 12.6 Å². The Morgan fingerprint density at radius 1 is 1.40 bits per heavy atom. The summed E-state index contributed by atoms with van der Waals surface area (Å²) in [6.07, 6.45) is -3.07. The fraction of sp³-hybridized carbons (Fsp3) is 0.727. The third-order valence-electron chi connectivity index (χ3n) is 2.78. The van der Waals surface area contributed by atoms with E-state index < -0.39 is 23.5 Å². The number of carbonyl (C=O) groups excluding carboxylic acids is 1. The number of carbonyl (C=O) groups is 1. The van der Waals surface area contributed by atoms with E-state index in [1.54, 1.807) is 0 Å². The largest absolute Gasteiger partial charge is 0.461 e. The van der Waals surface area contributed by atoms with Crippen LogP contribution in [0.1, 0.15) is 41.5 Å². The summed E-state index contributed by atoms with van der Waals surface area (Å²) in [4.78, 5) is 11.7. The number of methoxy groups -OCH3 is 1. The van der Waals surface area contributed by atoms with Gasteiger partial charge in [-0.2, -0.15) is 13.2 Å². The number of aromatic nitrogens is 3. The number of nitrogens with zero attached hydrogens (tertiary/aromatic N) is 3. The molecule has 9 heteroatoms. The van der Waals surface area contributed by atoms with Crippen LogP contribution in [0.15, 0.2) is 0 Å². The van der Waals surface area contributed by atoms with E-state index in [2.05, 4.69) is 10.3 Å². The van der Waals surface area contributed by atoms with E-state index in [4.69, 9.17) is 9.47 Å². The predicted molar refractivity (Wildman–Crippen MR) is 60.1 cm³/mol. The zero-order valence-corrected chi connectivity index (χ0v) is 10.8. The van der Waals surface area contributed by atoms with Crippen molar-refractivity contribution in [3.63, 3.8) is 0 Å². The number of halogens is 3. The fourth-order valence-corrected chi connectivity index (χ4v) is 1.71. The van der Waals surface area contributed by atoms with Gasteiger partial charge in [0.25, 0.3) is 0 Å². The third kappa shape index (κ3) is 3.27. The van der Waals surface area contributed by atoms with Gasteiger partial charge in [-0.05, 0) is 12.8 Å². The van der Waals surface area contributed by atoms with Crippen molar-refractivity contribution in [1.82, 2.24) is 15.0 Å². The molecule has 1 fully saturated rings. The van der Waals surface area contributed by atoms with Crippen LogP contribution in [0.3, 0.4) is 0 Å². The van der Waals surface area contributed by atoms with Gasteiger partial charge in [0.15, 0.2) is 5.69 Å². The van der Waals surface area contributed by atoms with Crippen molar-refractivity contribution in [3.8, 4) is 0 Å². The SMILES string of the molecule is COCCCOC(=O)c1nnn(C2CC2)c1C(F)(F)F.